The first-order chi connectivity index (χ1) is 16.2. The topological polar surface area (TPSA) is 54.0 Å². The summed E-state index contributed by atoms with van der Waals surface area (Å²) in [6.45, 7) is 3.94. The lowest BCUT2D eigenvalue weighted by Crippen LogP contribution is -2.44. The maximum Gasteiger partial charge on any atom is 0.257 e. The predicted octanol–water partition coefficient (Wildman–Crippen LogP) is 4.34. The SMILES string of the molecule is COc1ccc(CCN2C(=O)c3ccccc3N[C@H]2c2ccc(N3CCOCC3)cc2)cc1. The number of rotatable bonds is 6. The predicted molar refractivity (Wildman–Crippen MR) is 130 cm³/mol. The molecule has 33 heavy (non-hydrogen) atoms. The van der Waals surface area contributed by atoms with Gasteiger partial charge in [0.05, 0.1) is 25.9 Å². The minimum absolute atomic E-state index is 0.0557. The lowest BCUT2D eigenvalue weighted by molar-refractivity contribution is 0.0685. The van der Waals surface area contributed by atoms with E-state index >= 15 is 0 Å². The number of methoxy groups -OCH3 is 1. The van der Waals surface area contributed by atoms with Crippen molar-refractivity contribution in [1.82, 2.24) is 4.90 Å². The minimum Gasteiger partial charge on any atom is -0.497 e. The van der Waals surface area contributed by atoms with Gasteiger partial charge in [0, 0.05) is 31.0 Å². The number of para-hydroxylation sites is 1. The Labute approximate surface area is 194 Å². The maximum atomic E-state index is 13.5. The van der Waals surface area contributed by atoms with Gasteiger partial charge in [-0.1, -0.05) is 36.4 Å². The minimum atomic E-state index is -0.218. The third-order valence-electron chi connectivity index (χ3n) is 6.41. The van der Waals surface area contributed by atoms with Crippen LogP contribution in [0.15, 0.2) is 72.8 Å². The molecule has 6 heteroatoms. The number of hydrogen-bond donors (Lipinski definition) is 1. The lowest BCUT2D eigenvalue weighted by atomic mass is 10.0. The van der Waals surface area contributed by atoms with E-state index in [2.05, 4.69) is 46.6 Å². The summed E-state index contributed by atoms with van der Waals surface area (Å²) >= 11 is 0. The van der Waals surface area contributed by atoms with E-state index in [1.807, 2.05) is 41.3 Å². The zero-order valence-corrected chi connectivity index (χ0v) is 18.9. The summed E-state index contributed by atoms with van der Waals surface area (Å²) in [7, 11) is 1.67. The average Bonchev–Trinajstić information content (AvgIpc) is 2.89. The monoisotopic (exact) mass is 443 g/mol. The maximum absolute atomic E-state index is 13.5. The van der Waals surface area contributed by atoms with Crippen molar-refractivity contribution in [1.29, 1.82) is 0 Å². The molecule has 0 radical (unpaired) electrons. The van der Waals surface area contributed by atoms with Crippen LogP contribution in [0.3, 0.4) is 0 Å². The second kappa shape index (κ2) is 9.55. The molecule has 1 N–H and O–H groups in total. The molecule has 170 valence electrons. The Morgan fingerprint density at radius 2 is 1.70 bits per heavy atom. The molecular formula is C27H29N3O3. The molecule has 2 aliphatic heterocycles. The summed E-state index contributed by atoms with van der Waals surface area (Å²) in [5, 5.41) is 3.60. The highest BCUT2D eigenvalue weighted by Crippen LogP contribution is 2.34. The zero-order valence-electron chi connectivity index (χ0n) is 18.9. The third-order valence-corrected chi connectivity index (χ3v) is 6.41. The molecule has 0 aliphatic carbocycles. The van der Waals surface area contributed by atoms with Crippen LogP contribution in [0.1, 0.15) is 27.7 Å². The first-order valence-corrected chi connectivity index (χ1v) is 11.4. The molecule has 0 bridgehead atoms. The molecular weight excluding hydrogens is 414 g/mol. The van der Waals surface area contributed by atoms with Crippen LogP contribution < -0.4 is 15.0 Å². The fourth-order valence-electron chi connectivity index (χ4n) is 4.52. The van der Waals surface area contributed by atoms with E-state index in [0.29, 0.717) is 12.1 Å². The molecule has 2 aliphatic rings. The number of fused-ring (bicyclic) bond motifs is 1. The molecule has 1 atom stereocenters. The van der Waals surface area contributed by atoms with Gasteiger partial charge < -0.3 is 24.6 Å². The Hall–Kier alpha value is -3.51. The summed E-state index contributed by atoms with van der Waals surface area (Å²) in [6.07, 6.45) is 0.548. The number of amides is 1. The van der Waals surface area contributed by atoms with Gasteiger partial charge in [-0.05, 0) is 53.9 Å². The van der Waals surface area contributed by atoms with Crippen LogP contribution >= 0.6 is 0 Å². The van der Waals surface area contributed by atoms with E-state index in [-0.39, 0.29) is 12.1 Å². The number of anilines is 2. The number of carbonyl (C=O) groups excluding carboxylic acids is 1. The van der Waals surface area contributed by atoms with Gasteiger partial charge in [0.2, 0.25) is 0 Å². The number of hydrogen-bond acceptors (Lipinski definition) is 5. The van der Waals surface area contributed by atoms with Gasteiger partial charge in [-0.3, -0.25) is 4.79 Å². The summed E-state index contributed by atoms with van der Waals surface area (Å²) in [4.78, 5) is 17.8. The van der Waals surface area contributed by atoms with Crippen LogP contribution in [0.5, 0.6) is 5.75 Å². The number of nitrogens with one attached hydrogen (secondary N) is 1. The number of ether oxygens (including phenoxy) is 2. The largest absolute Gasteiger partial charge is 0.497 e. The smallest absolute Gasteiger partial charge is 0.257 e. The van der Waals surface area contributed by atoms with Crippen LogP contribution in [0, 0.1) is 0 Å². The van der Waals surface area contributed by atoms with Gasteiger partial charge in [0.25, 0.3) is 5.91 Å². The second-order valence-electron chi connectivity index (χ2n) is 8.38. The first-order valence-electron chi connectivity index (χ1n) is 11.4. The Balaban J connectivity index is 1.39. The van der Waals surface area contributed by atoms with Crippen molar-refractivity contribution in [3.8, 4) is 5.75 Å². The van der Waals surface area contributed by atoms with Crippen molar-refractivity contribution in [2.45, 2.75) is 12.6 Å². The molecule has 6 nitrogen and oxygen atoms in total. The van der Waals surface area contributed by atoms with E-state index in [0.717, 1.165) is 49.7 Å². The van der Waals surface area contributed by atoms with Gasteiger partial charge in [-0.25, -0.2) is 0 Å². The lowest BCUT2D eigenvalue weighted by Gasteiger charge is -2.38. The molecule has 0 spiro atoms. The van der Waals surface area contributed by atoms with Crippen molar-refractivity contribution in [2.24, 2.45) is 0 Å². The molecule has 3 aromatic rings. The van der Waals surface area contributed by atoms with Crippen LogP contribution in [-0.4, -0.2) is 50.8 Å². The molecule has 1 amide bonds. The third kappa shape index (κ3) is 4.52. The molecule has 5 rings (SSSR count). The molecule has 2 heterocycles. The molecule has 1 saturated heterocycles. The highest BCUT2D eigenvalue weighted by atomic mass is 16.5. The summed E-state index contributed by atoms with van der Waals surface area (Å²) in [5.74, 6) is 0.891. The molecule has 3 aromatic carbocycles. The van der Waals surface area contributed by atoms with E-state index in [1.54, 1.807) is 7.11 Å². The van der Waals surface area contributed by atoms with E-state index < -0.39 is 0 Å². The Morgan fingerprint density at radius 1 is 0.970 bits per heavy atom. The normalized spacial score (nSPS) is 18.0. The van der Waals surface area contributed by atoms with Gasteiger partial charge >= 0.3 is 0 Å². The molecule has 0 aromatic heterocycles. The number of morpholine rings is 1. The average molecular weight is 444 g/mol. The van der Waals surface area contributed by atoms with Crippen molar-refractivity contribution >= 4 is 17.3 Å². The van der Waals surface area contributed by atoms with Crippen molar-refractivity contribution in [3.63, 3.8) is 0 Å². The van der Waals surface area contributed by atoms with Gasteiger partial charge in [-0.2, -0.15) is 0 Å². The summed E-state index contributed by atoms with van der Waals surface area (Å²) in [6, 6.07) is 24.3. The molecule has 1 fully saturated rings. The summed E-state index contributed by atoms with van der Waals surface area (Å²) < 4.78 is 10.7. The molecule has 0 unspecified atom stereocenters. The van der Waals surface area contributed by atoms with Crippen LogP contribution in [0.4, 0.5) is 11.4 Å². The second-order valence-corrected chi connectivity index (χ2v) is 8.38. The van der Waals surface area contributed by atoms with Gasteiger partial charge in [0.15, 0.2) is 0 Å². The van der Waals surface area contributed by atoms with Crippen LogP contribution in [0.25, 0.3) is 0 Å². The van der Waals surface area contributed by atoms with Crippen molar-refractivity contribution < 1.29 is 14.3 Å². The Morgan fingerprint density at radius 3 is 2.42 bits per heavy atom. The Bertz CT molecular complexity index is 1090. The standard InChI is InChI=1S/C27H29N3O3/c1-32-23-12-6-20(7-13-23)14-15-30-26(28-25-5-3-2-4-24(25)27(30)31)21-8-10-22(11-9-21)29-16-18-33-19-17-29/h2-13,26,28H,14-19H2,1H3/t26-/m1/s1. The molecule has 0 saturated carbocycles. The van der Waals surface area contributed by atoms with Crippen LogP contribution in [-0.2, 0) is 11.2 Å². The highest BCUT2D eigenvalue weighted by Gasteiger charge is 2.32. The summed E-state index contributed by atoms with van der Waals surface area (Å²) in [5.41, 5.74) is 5.03. The fraction of sp³-hybridized carbons (Fsp3) is 0.296. The highest BCUT2D eigenvalue weighted by molar-refractivity contribution is 6.01. The number of benzene rings is 3. The first kappa shape index (κ1) is 21.3. The van der Waals surface area contributed by atoms with E-state index in [9.17, 15) is 4.79 Å². The van der Waals surface area contributed by atoms with E-state index in [4.69, 9.17) is 9.47 Å². The van der Waals surface area contributed by atoms with Crippen molar-refractivity contribution in [3.05, 3.63) is 89.5 Å². The fourth-order valence-corrected chi connectivity index (χ4v) is 4.52. The zero-order chi connectivity index (χ0) is 22.6. The number of nitrogens with zero attached hydrogens (tertiary/aromatic N) is 2. The van der Waals surface area contributed by atoms with E-state index in [1.165, 1.54) is 11.3 Å². The number of carbonyl (C=O) groups is 1. The van der Waals surface area contributed by atoms with Gasteiger partial charge in [0.1, 0.15) is 11.9 Å². The van der Waals surface area contributed by atoms with Crippen molar-refractivity contribution in [2.75, 3.05) is 50.2 Å². The van der Waals surface area contributed by atoms with Gasteiger partial charge in [-0.15, -0.1) is 0 Å². The van der Waals surface area contributed by atoms with Crippen LogP contribution in [0.2, 0.25) is 0 Å². The quantitative estimate of drug-likeness (QED) is 0.614. The Kier molecular flexibility index (Phi) is 6.17.